The van der Waals surface area contributed by atoms with Crippen LogP contribution < -0.4 is 5.32 Å². The molecule has 0 saturated heterocycles. The third kappa shape index (κ3) is 2.05. The Morgan fingerprint density at radius 2 is 2.27 bits per heavy atom. The van der Waals surface area contributed by atoms with Gasteiger partial charge in [0.2, 0.25) is 0 Å². The van der Waals surface area contributed by atoms with E-state index < -0.39 is 0 Å². The van der Waals surface area contributed by atoms with Gasteiger partial charge < -0.3 is 10.3 Å². The second-order valence-electron chi connectivity index (χ2n) is 3.40. The van der Waals surface area contributed by atoms with Crippen LogP contribution in [0.25, 0.3) is 11.5 Å². The lowest BCUT2D eigenvalue weighted by Gasteiger charge is -1.94. The molecule has 15 heavy (non-hydrogen) atoms. The van der Waals surface area contributed by atoms with Crippen LogP contribution >= 0.6 is 0 Å². The Morgan fingerprint density at radius 1 is 1.40 bits per heavy atom. The van der Waals surface area contributed by atoms with Crippen LogP contribution in [0.15, 0.2) is 24.4 Å². The second-order valence-corrected chi connectivity index (χ2v) is 3.40. The van der Waals surface area contributed by atoms with Gasteiger partial charge in [-0.25, -0.2) is 4.98 Å². The minimum absolute atomic E-state index is 0.773. The third-order valence-electron chi connectivity index (χ3n) is 2.24. The van der Waals surface area contributed by atoms with E-state index in [9.17, 15) is 0 Å². The van der Waals surface area contributed by atoms with Crippen molar-refractivity contribution in [1.29, 1.82) is 0 Å². The lowest BCUT2D eigenvalue weighted by Crippen LogP contribution is -2.06. The third-order valence-corrected chi connectivity index (χ3v) is 2.24. The van der Waals surface area contributed by atoms with Crippen LogP contribution in [-0.2, 0) is 6.54 Å². The summed E-state index contributed by atoms with van der Waals surface area (Å²) in [5.74, 6) is 0.832. The molecule has 0 aliphatic heterocycles. The van der Waals surface area contributed by atoms with E-state index in [4.69, 9.17) is 0 Å². The summed E-state index contributed by atoms with van der Waals surface area (Å²) in [4.78, 5) is 12.0. The van der Waals surface area contributed by atoms with Crippen molar-refractivity contribution in [3.63, 3.8) is 0 Å². The van der Waals surface area contributed by atoms with Gasteiger partial charge >= 0.3 is 0 Å². The smallest absolute Gasteiger partial charge is 0.156 e. The SMILES string of the molecule is CNCc1nc(-c2ccccn2)[nH]c1C. The first-order valence-electron chi connectivity index (χ1n) is 4.92. The first-order chi connectivity index (χ1) is 7.31. The molecule has 0 fully saturated rings. The second kappa shape index (κ2) is 4.23. The predicted octanol–water partition coefficient (Wildman–Crippen LogP) is 1.50. The van der Waals surface area contributed by atoms with Gasteiger partial charge in [-0.2, -0.15) is 0 Å². The molecule has 0 aliphatic carbocycles. The van der Waals surface area contributed by atoms with E-state index in [1.54, 1.807) is 6.20 Å². The zero-order chi connectivity index (χ0) is 10.7. The van der Waals surface area contributed by atoms with Crippen molar-refractivity contribution in [2.45, 2.75) is 13.5 Å². The van der Waals surface area contributed by atoms with Crippen LogP contribution in [-0.4, -0.2) is 22.0 Å². The molecule has 0 bridgehead atoms. The zero-order valence-corrected chi connectivity index (χ0v) is 8.91. The summed E-state index contributed by atoms with van der Waals surface area (Å²) in [6.07, 6.45) is 1.77. The fraction of sp³-hybridized carbons (Fsp3) is 0.273. The molecule has 0 amide bonds. The Morgan fingerprint density at radius 3 is 2.93 bits per heavy atom. The van der Waals surface area contributed by atoms with Crippen molar-refractivity contribution >= 4 is 0 Å². The van der Waals surface area contributed by atoms with Crippen LogP contribution in [0.5, 0.6) is 0 Å². The van der Waals surface area contributed by atoms with Crippen molar-refractivity contribution in [2.24, 2.45) is 0 Å². The topological polar surface area (TPSA) is 53.6 Å². The molecule has 0 atom stereocenters. The van der Waals surface area contributed by atoms with E-state index in [0.29, 0.717) is 0 Å². The number of aromatic nitrogens is 3. The molecule has 2 N–H and O–H groups in total. The van der Waals surface area contributed by atoms with Gasteiger partial charge in [0.05, 0.1) is 5.69 Å². The summed E-state index contributed by atoms with van der Waals surface area (Å²) >= 11 is 0. The summed E-state index contributed by atoms with van der Waals surface area (Å²) in [7, 11) is 1.91. The van der Waals surface area contributed by atoms with E-state index in [0.717, 1.165) is 29.5 Å². The number of hydrogen-bond donors (Lipinski definition) is 2. The zero-order valence-electron chi connectivity index (χ0n) is 8.91. The molecular formula is C11H14N4. The number of H-pyrrole nitrogens is 1. The number of aromatic amines is 1. The number of hydrogen-bond acceptors (Lipinski definition) is 3. The fourth-order valence-corrected chi connectivity index (χ4v) is 1.46. The highest BCUT2D eigenvalue weighted by molar-refractivity contribution is 5.49. The predicted molar refractivity (Wildman–Crippen MR) is 59.3 cm³/mol. The monoisotopic (exact) mass is 202 g/mol. The number of imidazole rings is 1. The molecule has 0 unspecified atom stereocenters. The van der Waals surface area contributed by atoms with Crippen LogP contribution in [0, 0.1) is 6.92 Å². The van der Waals surface area contributed by atoms with Gasteiger partial charge in [0.25, 0.3) is 0 Å². The average Bonchev–Trinajstić information content (AvgIpc) is 2.63. The highest BCUT2D eigenvalue weighted by Gasteiger charge is 2.07. The van der Waals surface area contributed by atoms with Crippen LogP contribution in [0.2, 0.25) is 0 Å². The van der Waals surface area contributed by atoms with Gasteiger partial charge in [-0.15, -0.1) is 0 Å². The van der Waals surface area contributed by atoms with Gasteiger partial charge in [-0.05, 0) is 26.1 Å². The molecule has 0 aliphatic rings. The van der Waals surface area contributed by atoms with Crippen molar-refractivity contribution < 1.29 is 0 Å². The molecule has 2 aromatic rings. The lowest BCUT2D eigenvalue weighted by molar-refractivity contribution is 0.791. The Bertz CT molecular complexity index is 433. The Labute approximate surface area is 88.8 Å². The molecule has 0 aromatic carbocycles. The highest BCUT2D eigenvalue weighted by atomic mass is 15.0. The number of rotatable bonds is 3. The maximum atomic E-state index is 4.49. The van der Waals surface area contributed by atoms with Gasteiger partial charge in [0.15, 0.2) is 5.82 Å². The molecule has 4 nitrogen and oxygen atoms in total. The number of nitrogens with zero attached hydrogens (tertiary/aromatic N) is 2. The van der Waals surface area contributed by atoms with Gasteiger partial charge in [-0.1, -0.05) is 6.07 Å². The molecule has 2 aromatic heterocycles. The highest BCUT2D eigenvalue weighted by Crippen LogP contribution is 2.14. The summed E-state index contributed by atoms with van der Waals surface area (Å²) in [5.41, 5.74) is 3.01. The molecule has 0 radical (unpaired) electrons. The number of pyridine rings is 1. The summed E-state index contributed by atoms with van der Waals surface area (Å²) in [5, 5.41) is 3.09. The van der Waals surface area contributed by atoms with Gasteiger partial charge in [0.1, 0.15) is 5.69 Å². The summed E-state index contributed by atoms with van der Waals surface area (Å²) in [6.45, 7) is 2.79. The first-order valence-corrected chi connectivity index (χ1v) is 4.92. The molecule has 0 spiro atoms. The van der Waals surface area contributed by atoms with Crippen LogP contribution in [0.4, 0.5) is 0 Å². The maximum absolute atomic E-state index is 4.49. The van der Waals surface area contributed by atoms with Crippen molar-refractivity contribution in [1.82, 2.24) is 20.3 Å². The number of nitrogens with one attached hydrogen (secondary N) is 2. The molecule has 2 heterocycles. The Hall–Kier alpha value is -1.68. The minimum atomic E-state index is 0.773. The average molecular weight is 202 g/mol. The summed E-state index contributed by atoms with van der Waals surface area (Å²) in [6, 6.07) is 5.80. The molecule has 0 saturated carbocycles. The van der Waals surface area contributed by atoms with E-state index in [-0.39, 0.29) is 0 Å². The molecular weight excluding hydrogens is 188 g/mol. The molecule has 4 heteroatoms. The van der Waals surface area contributed by atoms with E-state index in [1.807, 2.05) is 32.2 Å². The Kier molecular flexibility index (Phi) is 2.78. The fourth-order valence-electron chi connectivity index (χ4n) is 1.46. The van der Waals surface area contributed by atoms with Gasteiger partial charge in [0, 0.05) is 18.4 Å². The molecule has 2 rings (SSSR count). The van der Waals surface area contributed by atoms with E-state index in [1.165, 1.54) is 0 Å². The number of aryl methyl sites for hydroxylation is 1. The lowest BCUT2D eigenvalue weighted by atomic mass is 10.3. The van der Waals surface area contributed by atoms with Crippen molar-refractivity contribution in [3.8, 4) is 11.5 Å². The molecule has 78 valence electrons. The quantitative estimate of drug-likeness (QED) is 0.793. The van der Waals surface area contributed by atoms with E-state index >= 15 is 0 Å². The maximum Gasteiger partial charge on any atom is 0.156 e. The van der Waals surface area contributed by atoms with Crippen LogP contribution in [0.3, 0.4) is 0 Å². The standard InChI is InChI=1S/C11H14N4/c1-8-10(7-12-2)15-11(14-8)9-5-3-4-6-13-9/h3-6,12H,7H2,1-2H3,(H,14,15). The van der Waals surface area contributed by atoms with Crippen LogP contribution in [0.1, 0.15) is 11.4 Å². The minimum Gasteiger partial charge on any atom is -0.341 e. The summed E-state index contributed by atoms with van der Waals surface area (Å²) < 4.78 is 0. The van der Waals surface area contributed by atoms with Gasteiger partial charge in [-0.3, -0.25) is 4.98 Å². The normalized spacial score (nSPS) is 10.5. The van der Waals surface area contributed by atoms with Crippen molar-refractivity contribution in [2.75, 3.05) is 7.05 Å². The van der Waals surface area contributed by atoms with Crippen molar-refractivity contribution in [3.05, 3.63) is 35.8 Å². The Balaban J connectivity index is 2.34. The first kappa shape index (κ1) is 9.86. The van der Waals surface area contributed by atoms with E-state index in [2.05, 4.69) is 20.3 Å². The largest absolute Gasteiger partial charge is 0.341 e.